The summed E-state index contributed by atoms with van der Waals surface area (Å²) in [5.74, 6) is 0.181. The molecular formula is C22H27N3O. The van der Waals surface area contributed by atoms with E-state index in [1.807, 2.05) is 6.92 Å². The summed E-state index contributed by atoms with van der Waals surface area (Å²) in [7, 11) is 0. The lowest BCUT2D eigenvalue weighted by Crippen LogP contribution is -2.61. The molecule has 0 radical (unpaired) electrons. The first-order valence-electron chi connectivity index (χ1n) is 9.61. The Bertz CT molecular complexity index is 786. The van der Waals surface area contributed by atoms with Crippen molar-refractivity contribution in [2.24, 2.45) is 5.92 Å². The maximum Gasteiger partial charge on any atom is 0.225 e. The fourth-order valence-electron chi connectivity index (χ4n) is 4.35. The second-order valence-corrected chi connectivity index (χ2v) is 7.38. The molecule has 2 aromatic rings. The van der Waals surface area contributed by atoms with Gasteiger partial charge >= 0.3 is 0 Å². The Kier molecular flexibility index (Phi) is 4.58. The number of rotatable bonds is 3. The summed E-state index contributed by atoms with van der Waals surface area (Å²) in [6.45, 7) is 7.61. The SMILES string of the molecule is CCNC(=O)[C@H]1Cc2ccccc2N2CCN(c3ccc(C)cc3)C[C@@H]12. The Morgan fingerprint density at radius 1 is 1.12 bits per heavy atom. The van der Waals surface area contributed by atoms with Crippen molar-refractivity contribution in [1.82, 2.24) is 5.32 Å². The van der Waals surface area contributed by atoms with Crippen molar-refractivity contribution in [3.63, 3.8) is 0 Å². The van der Waals surface area contributed by atoms with Crippen LogP contribution in [0.1, 0.15) is 18.1 Å². The van der Waals surface area contributed by atoms with Crippen LogP contribution in [0.4, 0.5) is 11.4 Å². The molecular weight excluding hydrogens is 322 g/mol. The van der Waals surface area contributed by atoms with Crippen LogP contribution in [0.25, 0.3) is 0 Å². The third kappa shape index (κ3) is 3.05. The number of amides is 1. The first-order chi connectivity index (χ1) is 12.7. The predicted octanol–water partition coefficient (Wildman–Crippen LogP) is 3.00. The van der Waals surface area contributed by atoms with E-state index in [1.165, 1.54) is 22.5 Å². The van der Waals surface area contributed by atoms with Gasteiger partial charge < -0.3 is 15.1 Å². The van der Waals surface area contributed by atoms with Gasteiger partial charge in [-0.2, -0.15) is 0 Å². The average Bonchev–Trinajstić information content (AvgIpc) is 2.67. The number of benzene rings is 2. The van der Waals surface area contributed by atoms with Crippen molar-refractivity contribution < 1.29 is 4.79 Å². The first-order valence-corrected chi connectivity index (χ1v) is 9.61. The van der Waals surface area contributed by atoms with E-state index in [4.69, 9.17) is 0 Å². The van der Waals surface area contributed by atoms with Gasteiger partial charge in [-0.3, -0.25) is 4.79 Å². The van der Waals surface area contributed by atoms with Crippen molar-refractivity contribution in [3.8, 4) is 0 Å². The highest BCUT2D eigenvalue weighted by atomic mass is 16.1. The summed E-state index contributed by atoms with van der Waals surface area (Å²) in [6, 6.07) is 17.5. The summed E-state index contributed by atoms with van der Waals surface area (Å²) >= 11 is 0. The average molecular weight is 349 g/mol. The number of hydrogen-bond donors (Lipinski definition) is 1. The van der Waals surface area contributed by atoms with Gasteiger partial charge in [-0.05, 0) is 44.0 Å². The minimum Gasteiger partial charge on any atom is -0.368 e. The van der Waals surface area contributed by atoms with Crippen LogP contribution in [-0.2, 0) is 11.2 Å². The first kappa shape index (κ1) is 17.0. The standard InChI is InChI=1S/C22H27N3O/c1-3-23-22(26)19-14-17-6-4-5-7-20(17)25-13-12-24(15-21(19)25)18-10-8-16(2)9-11-18/h4-11,19,21H,3,12-15H2,1-2H3,(H,23,26)/t19-,21-/m0/s1. The monoisotopic (exact) mass is 349 g/mol. The van der Waals surface area contributed by atoms with E-state index >= 15 is 0 Å². The molecule has 26 heavy (non-hydrogen) atoms. The molecule has 2 aliphatic rings. The molecule has 2 aromatic carbocycles. The van der Waals surface area contributed by atoms with E-state index < -0.39 is 0 Å². The predicted molar refractivity (Wildman–Crippen MR) is 107 cm³/mol. The van der Waals surface area contributed by atoms with E-state index in [-0.39, 0.29) is 17.9 Å². The number of carbonyl (C=O) groups is 1. The van der Waals surface area contributed by atoms with Gasteiger partial charge in [0.2, 0.25) is 5.91 Å². The topological polar surface area (TPSA) is 35.6 Å². The Morgan fingerprint density at radius 2 is 1.88 bits per heavy atom. The van der Waals surface area contributed by atoms with E-state index in [9.17, 15) is 4.79 Å². The zero-order valence-corrected chi connectivity index (χ0v) is 15.6. The van der Waals surface area contributed by atoms with Crippen LogP contribution in [-0.4, -0.2) is 38.1 Å². The molecule has 4 nitrogen and oxygen atoms in total. The third-order valence-corrected chi connectivity index (χ3v) is 5.71. The minimum atomic E-state index is -0.00176. The Hall–Kier alpha value is -2.49. The van der Waals surface area contributed by atoms with Crippen molar-refractivity contribution in [2.45, 2.75) is 26.3 Å². The van der Waals surface area contributed by atoms with Gasteiger partial charge in [0.05, 0.1) is 12.0 Å². The summed E-state index contributed by atoms with van der Waals surface area (Å²) in [4.78, 5) is 17.7. The maximum absolute atomic E-state index is 12.8. The van der Waals surface area contributed by atoms with Gasteiger partial charge in [-0.25, -0.2) is 0 Å². The number of nitrogens with zero attached hydrogens (tertiary/aromatic N) is 2. The quantitative estimate of drug-likeness (QED) is 0.925. The van der Waals surface area contributed by atoms with Gasteiger partial charge in [0.1, 0.15) is 0 Å². The maximum atomic E-state index is 12.8. The normalized spacial score (nSPS) is 21.8. The fraction of sp³-hybridized carbons (Fsp3) is 0.409. The summed E-state index contributed by atoms with van der Waals surface area (Å²) in [6.07, 6.45) is 0.824. The molecule has 1 saturated heterocycles. The number of hydrogen-bond acceptors (Lipinski definition) is 3. The Morgan fingerprint density at radius 3 is 2.65 bits per heavy atom. The largest absolute Gasteiger partial charge is 0.368 e. The molecule has 1 fully saturated rings. The van der Waals surface area contributed by atoms with Crippen LogP contribution in [0.5, 0.6) is 0 Å². The van der Waals surface area contributed by atoms with Crippen molar-refractivity contribution in [1.29, 1.82) is 0 Å². The molecule has 0 aliphatic carbocycles. The molecule has 0 unspecified atom stereocenters. The summed E-state index contributed by atoms with van der Waals surface area (Å²) in [5, 5.41) is 3.06. The number of piperazine rings is 1. The molecule has 1 amide bonds. The smallest absolute Gasteiger partial charge is 0.225 e. The molecule has 0 saturated carbocycles. The number of fused-ring (bicyclic) bond motifs is 3. The van der Waals surface area contributed by atoms with Crippen LogP contribution in [0, 0.1) is 12.8 Å². The number of para-hydroxylation sites is 1. The summed E-state index contributed by atoms with van der Waals surface area (Å²) < 4.78 is 0. The zero-order chi connectivity index (χ0) is 18.1. The zero-order valence-electron chi connectivity index (χ0n) is 15.6. The lowest BCUT2D eigenvalue weighted by atomic mass is 9.83. The van der Waals surface area contributed by atoms with E-state index in [0.717, 1.165) is 26.1 Å². The van der Waals surface area contributed by atoms with E-state index in [2.05, 4.69) is 70.6 Å². The van der Waals surface area contributed by atoms with Crippen LogP contribution in [0.2, 0.25) is 0 Å². The number of nitrogens with one attached hydrogen (secondary N) is 1. The van der Waals surface area contributed by atoms with Gasteiger partial charge in [0.15, 0.2) is 0 Å². The molecule has 136 valence electrons. The lowest BCUT2D eigenvalue weighted by molar-refractivity contribution is -0.125. The van der Waals surface area contributed by atoms with Crippen LogP contribution < -0.4 is 15.1 Å². The number of aryl methyl sites for hydroxylation is 1. The van der Waals surface area contributed by atoms with Crippen LogP contribution >= 0.6 is 0 Å². The second-order valence-electron chi connectivity index (χ2n) is 7.38. The molecule has 0 spiro atoms. The number of carbonyl (C=O) groups excluding carboxylic acids is 1. The third-order valence-electron chi connectivity index (χ3n) is 5.71. The van der Waals surface area contributed by atoms with E-state index in [1.54, 1.807) is 0 Å². The highest BCUT2D eigenvalue weighted by Crippen LogP contribution is 2.36. The number of anilines is 2. The lowest BCUT2D eigenvalue weighted by Gasteiger charge is -2.49. The van der Waals surface area contributed by atoms with Crippen LogP contribution in [0.15, 0.2) is 48.5 Å². The molecule has 4 heteroatoms. The molecule has 2 atom stereocenters. The van der Waals surface area contributed by atoms with Crippen molar-refractivity contribution in [3.05, 3.63) is 59.7 Å². The molecule has 1 N–H and O–H groups in total. The Labute approximate surface area is 155 Å². The van der Waals surface area contributed by atoms with Gasteiger partial charge in [-0.15, -0.1) is 0 Å². The molecule has 2 heterocycles. The van der Waals surface area contributed by atoms with Gasteiger partial charge in [0, 0.05) is 37.6 Å². The molecule has 0 bridgehead atoms. The highest BCUT2D eigenvalue weighted by molar-refractivity contribution is 5.82. The van der Waals surface area contributed by atoms with Crippen molar-refractivity contribution >= 4 is 17.3 Å². The van der Waals surface area contributed by atoms with Gasteiger partial charge in [-0.1, -0.05) is 35.9 Å². The molecule has 0 aromatic heterocycles. The molecule has 4 rings (SSSR count). The summed E-state index contributed by atoms with van der Waals surface area (Å²) in [5.41, 5.74) is 5.13. The van der Waals surface area contributed by atoms with Gasteiger partial charge in [0.25, 0.3) is 0 Å². The fourth-order valence-corrected chi connectivity index (χ4v) is 4.35. The van der Waals surface area contributed by atoms with Crippen LogP contribution in [0.3, 0.4) is 0 Å². The minimum absolute atomic E-state index is 0.00176. The second kappa shape index (κ2) is 7.02. The van der Waals surface area contributed by atoms with E-state index in [0.29, 0.717) is 6.54 Å². The molecule has 2 aliphatic heterocycles. The van der Waals surface area contributed by atoms with Crippen molar-refractivity contribution in [2.75, 3.05) is 36.0 Å². The highest BCUT2D eigenvalue weighted by Gasteiger charge is 2.41. The Balaban J connectivity index is 1.64.